The van der Waals surface area contributed by atoms with Gasteiger partial charge in [0.1, 0.15) is 0 Å². The second-order valence-corrected chi connectivity index (χ2v) is 2.66. The van der Waals surface area contributed by atoms with Gasteiger partial charge < -0.3 is 15.9 Å². The molecule has 0 aromatic rings. The van der Waals surface area contributed by atoms with Crippen molar-refractivity contribution in [3.8, 4) is 0 Å². The molecule has 0 rings (SSSR count). The van der Waals surface area contributed by atoms with E-state index < -0.39 is 0 Å². The zero-order valence-corrected chi connectivity index (χ0v) is 6.45. The topological polar surface area (TPSA) is 66.5 Å². The molecule has 2 atom stereocenters. The third-order valence-corrected chi connectivity index (χ3v) is 1.42. The summed E-state index contributed by atoms with van der Waals surface area (Å²) in [7, 11) is 0. The first-order valence-electron chi connectivity index (χ1n) is 3.73. The minimum Gasteiger partial charge on any atom is -0.393 e. The van der Waals surface area contributed by atoms with Gasteiger partial charge >= 0.3 is 0 Å². The third-order valence-electron chi connectivity index (χ3n) is 1.42. The minimum absolute atomic E-state index is 0.313. The Kier molecular flexibility index (Phi) is 5.58. The highest BCUT2D eigenvalue weighted by Crippen LogP contribution is 2.03. The molecule has 0 aromatic carbocycles. The lowest BCUT2D eigenvalue weighted by Gasteiger charge is -2.09. The molecule has 2 unspecified atom stereocenters. The average Bonchev–Trinajstić information content (AvgIpc) is 1.85. The Morgan fingerprint density at radius 1 is 1.20 bits per heavy atom. The predicted molar refractivity (Wildman–Crippen MR) is 40.6 cm³/mol. The van der Waals surface area contributed by atoms with Gasteiger partial charge in [0, 0.05) is 0 Å². The van der Waals surface area contributed by atoms with E-state index in [-0.39, 0.29) is 12.2 Å². The van der Waals surface area contributed by atoms with Crippen LogP contribution in [-0.4, -0.2) is 29.0 Å². The molecule has 0 heterocycles. The van der Waals surface area contributed by atoms with E-state index in [9.17, 15) is 0 Å². The Morgan fingerprint density at radius 2 is 1.80 bits per heavy atom. The molecule has 10 heavy (non-hydrogen) atoms. The first-order chi connectivity index (χ1) is 4.66. The van der Waals surface area contributed by atoms with Crippen LogP contribution in [0.15, 0.2) is 0 Å². The summed E-state index contributed by atoms with van der Waals surface area (Å²) in [5.41, 5.74) is 5.21. The second kappa shape index (κ2) is 5.65. The molecule has 3 heteroatoms. The molecule has 0 spiro atoms. The van der Waals surface area contributed by atoms with Crippen molar-refractivity contribution >= 4 is 0 Å². The highest BCUT2D eigenvalue weighted by Gasteiger charge is 2.03. The zero-order chi connectivity index (χ0) is 7.98. The van der Waals surface area contributed by atoms with Crippen LogP contribution >= 0.6 is 0 Å². The van der Waals surface area contributed by atoms with E-state index in [0.29, 0.717) is 25.8 Å². The molecule has 0 bridgehead atoms. The fourth-order valence-corrected chi connectivity index (χ4v) is 0.770. The molecule has 0 aliphatic carbocycles. The predicted octanol–water partition coefficient (Wildman–Crippen LogP) is -0.143. The Morgan fingerprint density at radius 3 is 2.20 bits per heavy atom. The maximum absolute atomic E-state index is 9.11. The average molecular weight is 147 g/mol. The van der Waals surface area contributed by atoms with Gasteiger partial charge in [-0.05, 0) is 32.7 Å². The molecule has 0 amide bonds. The van der Waals surface area contributed by atoms with Crippen molar-refractivity contribution in [3.05, 3.63) is 0 Å². The summed E-state index contributed by atoms with van der Waals surface area (Å²) < 4.78 is 0. The third kappa shape index (κ3) is 6.01. The molecule has 0 saturated heterocycles. The summed E-state index contributed by atoms with van der Waals surface area (Å²) in [4.78, 5) is 0. The van der Waals surface area contributed by atoms with Crippen molar-refractivity contribution in [2.75, 3.05) is 6.54 Å². The van der Waals surface area contributed by atoms with Gasteiger partial charge in [-0.3, -0.25) is 0 Å². The van der Waals surface area contributed by atoms with Gasteiger partial charge in [0.25, 0.3) is 0 Å². The van der Waals surface area contributed by atoms with Crippen LogP contribution in [0.5, 0.6) is 0 Å². The van der Waals surface area contributed by atoms with Crippen molar-refractivity contribution in [1.29, 1.82) is 0 Å². The van der Waals surface area contributed by atoms with E-state index in [0.717, 1.165) is 0 Å². The van der Waals surface area contributed by atoms with Gasteiger partial charge in [-0.15, -0.1) is 0 Å². The summed E-state index contributed by atoms with van der Waals surface area (Å²) in [6.45, 7) is 2.23. The number of hydrogen-bond donors (Lipinski definition) is 3. The quantitative estimate of drug-likeness (QED) is 0.507. The van der Waals surface area contributed by atoms with Gasteiger partial charge in [-0.25, -0.2) is 0 Å². The van der Waals surface area contributed by atoms with Gasteiger partial charge in [-0.1, -0.05) is 0 Å². The maximum Gasteiger partial charge on any atom is 0.0553 e. The van der Waals surface area contributed by atoms with Crippen LogP contribution in [-0.2, 0) is 0 Å². The van der Waals surface area contributed by atoms with E-state index in [1.165, 1.54) is 0 Å². The van der Waals surface area contributed by atoms with Crippen LogP contribution < -0.4 is 5.73 Å². The summed E-state index contributed by atoms with van der Waals surface area (Å²) >= 11 is 0. The smallest absolute Gasteiger partial charge is 0.0553 e. The lowest BCUT2D eigenvalue weighted by molar-refractivity contribution is 0.118. The molecule has 0 aliphatic heterocycles. The van der Waals surface area contributed by atoms with Crippen molar-refractivity contribution in [1.82, 2.24) is 0 Å². The summed E-state index contributed by atoms with van der Waals surface area (Å²) in [6.07, 6.45) is 1.29. The van der Waals surface area contributed by atoms with Crippen LogP contribution in [0.4, 0.5) is 0 Å². The van der Waals surface area contributed by atoms with E-state index in [1.807, 2.05) is 0 Å². The molecule has 0 fully saturated rings. The first-order valence-corrected chi connectivity index (χ1v) is 3.73. The maximum atomic E-state index is 9.11. The van der Waals surface area contributed by atoms with Gasteiger partial charge in [-0.2, -0.15) is 0 Å². The number of aliphatic hydroxyl groups excluding tert-OH is 2. The van der Waals surface area contributed by atoms with Gasteiger partial charge in [0.15, 0.2) is 0 Å². The SMILES string of the molecule is CC(O)CCC(O)CCN. The Bertz CT molecular complexity index is 76.0. The molecule has 0 aliphatic rings. The van der Waals surface area contributed by atoms with Crippen molar-refractivity contribution < 1.29 is 10.2 Å². The van der Waals surface area contributed by atoms with E-state index in [4.69, 9.17) is 15.9 Å². The molecule has 4 N–H and O–H groups in total. The highest BCUT2D eigenvalue weighted by molar-refractivity contribution is 4.58. The molecule has 0 radical (unpaired) electrons. The fourth-order valence-electron chi connectivity index (χ4n) is 0.770. The van der Waals surface area contributed by atoms with E-state index in [2.05, 4.69) is 0 Å². The van der Waals surface area contributed by atoms with Crippen LogP contribution in [0.1, 0.15) is 26.2 Å². The summed E-state index contributed by atoms with van der Waals surface area (Å²) in [6, 6.07) is 0. The monoisotopic (exact) mass is 147 g/mol. The summed E-state index contributed by atoms with van der Waals surface area (Å²) in [5, 5.41) is 17.9. The Hall–Kier alpha value is -0.120. The first kappa shape index (κ1) is 9.88. The number of aliphatic hydroxyl groups is 2. The van der Waals surface area contributed by atoms with Crippen LogP contribution in [0.3, 0.4) is 0 Å². The standard InChI is InChI=1S/C7H17NO2/c1-6(9)2-3-7(10)4-5-8/h6-7,9-10H,2-5,8H2,1H3. The van der Waals surface area contributed by atoms with Crippen LogP contribution in [0.25, 0.3) is 0 Å². The minimum atomic E-state index is -0.334. The number of nitrogens with two attached hydrogens (primary N) is 1. The second-order valence-electron chi connectivity index (χ2n) is 2.66. The molecule has 62 valence electrons. The molecular formula is C7H17NO2. The number of hydrogen-bond acceptors (Lipinski definition) is 3. The van der Waals surface area contributed by atoms with E-state index in [1.54, 1.807) is 6.92 Å². The van der Waals surface area contributed by atoms with Crippen molar-refractivity contribution in [2.24, 2.45) is 5.73 Å². The zero-order valence-electron chi connectivity index (χ0n) is 6.45. The largest absolute Gasteiger partial charge is 0.393 e. The molecule has 0 aromatic heterocycles. The van der Waals surface area contributed by atoms with Crippen LogP contribution in [0.2, 0.25) is 0 Å². The van der Waals surface area contributed by atoms with Crippen molar-refractivity contribution in [2.45, 2.75) is 38.4 Å². The van der Waals surface area contributed by atoms with E-state index >= 15 is 0 Å². The number of rotatable bonds is 5. The molecular weight excluding hydrogens is 130 g/mol. The molecule has 0 saturated carbocycles. The van der Waals surface area contributed by atoms with Crippen molar-refractivity contribution in [3.63, 3.8) is 0 Å². The molecule has 3 nitrogen and oxygen atoms in total. The Labute approximate surface area is 61.9 Å². The van der Waals surface area contributed by atoms with Gasteiger partial charge in [0.2, 0.25) is 0 Å². The fraction of sp³-hybridized carbons (Fsp3) is 1.00. The summed E-state index contributed by atoms with van der Waals surface area (Å²) in [5.74, 6) is 0. The highest BCUT2D eigenvalue weighted by atomic mass is 16.3. The lowest BCUT2D eigenvalue weighted by Crippen LogP contribution is -2.15. The van der Waals surface area contributed by atoms with Crippen LogP contribution in [0, 0.1) is 0 Å². The van der Waals surface area contributed by atoms with Gasteiger partial charge in [0.05, 0.1) is 12.2 Å². The normalized spacial score (nSPS) is 16.8. The Balaban J connectivity index is 3.12. The lowest BCUT2D eigenvalue weighted by atomic mass is 10.1.